The molecule has 4 bridgehead atoms. The fourth-order valence-electron chi connectivity index (χ4n) is 3.61. The Kier molecular flexibility index (Phi) is 7.59. The number of ether oxygens (including phenoxy) is 1. The molecule has 0 aliphatic carbocycles. The van der Waals surface area contributed by atoms with E-state index in [2.05, 4.69) is 20.6 Å². The predicted molar refractivity (Wildman–Crippen MR) is 134 cm³/mol. The Morgan fingerprint density at radius 3 is 2.60 bits per heavy atom. The molecule has 35 heavy (non-hydrogen) atoms. The quantitative estimate of drug-likeness (QED) is 0.431. The topological polar surface area (TPSA) is 140 Å². The van der Waals surface area contributed by atoms with Crippen LogP contribution in [-0.4, -0.2) is 61.9 Å². The van der Waals surface area contributed by atoms with Crippen LogP contribution < -0.4 is 21.1 Å². The van der Waals surface area contributed by atoms with E-state index in [1.54, 1.807) is 37.4 Å². The van der Waals surface area contributed by atoms with E-state index in [1.165, 1.54) is 22.6 Å². The van der Waals surface area contributed by atoms with Gasteiger partial charge >= 0.3 is 0 Å². The number of benzene rings is 2. The summed E-state index contributed by atoms with van der Waals surface area (Å²) in [7, 11) is -2.06. The third kappa shape index (κ3) is 5.76. The summed E-state index contributed by atoms with van der Waals surface area (Å²) in [6, 6.07) is 13.5. The number of para-hydroxylation sites is 2. The number of fused-ring (bicyclic) bond motifs is 12. The van der Waals surface area contributed by atoms with Gasteiger partial charge in [-0.15, -0.1) is 0 Å². The normalized spacial score (nSPS) is 17.5. The fraction of sp³-hybridized carbons (Fsp3) is 0.292. The maximum Gasteiger partial charge on any atom is 0.278 e. The summed E-state index contributed by atoms with van der Waals surface area (Å²) in [5, 5.41) is 6.10. The van der Waals surface area contributed by atoms with Gasteiger partial charge in [0.15, 0.2) is 11.5 Å². The van der Waals surface area contributed by atoms with Crippen LogP contribution in [0.25, 0.3) is 11.3 Å². The smallest absolute Gasteiger partial charge is 0.278 e. The number of nitrogen functional groups attached to an aromatic ring is 1. The molecule has 1 aromatic heterocycles. The zero-order valence-corrected chi connectivity index (χ0v) is 20.2. The van der Waals surface area contributed by atoms with E-state index in [9.17, 15) is 13.2 Å². The highest BCUT2D eigenvalue weighted by Gasteiger charge is 2.21. The van der Waals surface area contributed by atoms with Crippen LogP contribution >= 0.6 is 0 Å². The number of amides is 1. The van der Waals surface area contributed by atoms with Crippen LogP contribution in [0.4, 0.5) is 11.5 Å². The third-order valence-corrected chi connectivity index (χ3v) is 7.46. The van der Waals surface area contributed by atoms with E-state index in [1.807, 2.05) is 6.07 Å². The molecule has 3 aromatic rings. The number of nitrogens with two attached hydrogens (primary N) is 1. The number of hydrogen-bond acceptors (Lipinski definition) is 8. The van der Waals surface area contributed by atoms with Crippen LogP contribution in [0.2, 0.25) is 0 Å². The molecule has 0 unspecified atom stereocenters. The monoisotopic (exact) mass is 496 g/mol. The van der Waals surface area contributed by atoms with Gasteiger partial charge in [-0.2, -0.15) is 0 Å². The van der Waals surface area contributed by atoms with Crippen molar-refractivity contribution in [3.05, 3.63) is 60.4 Å². The molecule has 11 heteroatoms. The van der Waals surface area contributed by atoms with Gasteiger partial charge in [-0.1, -0.05) is 24.3 Å². The number of carbonyl (C=O) groups excluding carboxylic acids is 1. The van der Waals surface area contributed by atoms with E-state index in [-0.39, 0.29) is 16.4 Å². The van der Waals surface area contributed by atoms with Crippen molar-refractivity contribution in [3.63, 3.8) is 0 Å². The number of hydrogen-bond donors (Lipinski definition) is 3. The lowest BCUT2D eigenvalue weighted by Crippen LogP contribution is -2.30. The second-order valence-electron chi connectivity index (χ2n) is 8.10. The number of nitrogens with zero attached hydrogens (tertiary/aromatic N) is 3. The number of carbonyl (C=O) groups is 1. The molecule has 5 rings (SSSR count). The molecule has 3 heterocycles. The van der Waals surface area contributed by atoms with Gasteiger partial charge in [0.1, 0.15) is 5.75 Å². The highest BCUT2D eigenvalue weighted by molar-refractivity contribution is 7.89. The van der Waals surface area contributed by atoms with Crippen LogP contribution in [0.1, 0.15) is 23.3 Å². The lowest BCUT2D eigenvalue weighted by Gasteiger charge is -2.17. The average Bonchev–Trinajstić information content (AvgIpc) is 2.86. The molecule has 2 aliphatic heterocycles. The third-order valence-electron chi connectivity index (χ3n) is 5.59. The minimum atomic E-state index is -3.63. The van der Waals surface area contributed by atoms with E-state index in [0.717, 1.165) is 6.42 Å². The summed E-state index contributed by atoms with van der Waals surface area (Å²) in [4.78, 5) is 21.7. The van der Waals surface area contributed by atoms with Crippen LogP contribution in [0.3, 0.4) is 0 Å². The molecule has 2 aromatic carbocycles. The van der Waals surface area contributed by atoms with Crippen molar-refractivity contribution in [1.29, 1.82) is 0 Å². The van der Waals surface area contributed by atoms with Gasteiger partial charge in [-0.05, 0) is 50.2 Å². The molecule has 0 radical (unpaired) electrons. The maximum atomic E-state index is 13.0. The zero-order chi connectivity index (χ0) is 24.8. The van der Waals surface area contributed by atoms with Crippen LogP contribution in [0.15, 0.2) is 59.6 Å². The van der Waals surface area contributed by atoms with Crippen molar-refractivity contribution in [2.24, 2.45) is 0 Å². The van der Waals surface area contributed by atoms with E-state index in [0.29, 0.717) is 55.4 Å². The second-order valence-corrected chi connectivity index (χ2v) is 10.1. The zero-order valence-electron chi connectivity index (χ0n) is 19.4. The van der Waals surface area contributed by atoms with Gasteiger partial charge in [0.05, 0.1) is 29.1 Å². The van der Waals surface area contributed by atoms with Crippen molar-refractivity contribution in [3.8, 4) is 17.0 Å². The van der Waals surface area contributed by atoms with Crippen molar-refractivity contribution >= 4 is 27.4 Å². The summed E-state index contributed by atoms with van der Waals surface area (Å²) in [6.07, 6.45) is 2.86. The summed E-state index contributed by atoms with van der Waals surface area (Å²) < 4.78 is 33.1. The van der Waals surface area contributed by atoms with Gasteiger partial charge in [-0.25, -0.2) is 22.7 Å². The molecular formula is C24H28N6O4S. The molecule has 184 valence electrons. The second kappa shape index (κ2) is 10.8. The van der Waals surface area contributed by atoms with Crippen LogP contribution in [0, 0.1) is 0 Å². The maximum absolute atomic E-state index is 13.0. The summed E-state index contributed by atoms with van der Waals surface area (Å²) >= 11 is 0. The highest BCUT2D eigenvalue weighted by Crippen LogP contribution is 2.26. The minimum absolute atomic E-state index is 0.0186. The highest BCUT2D eigenvalue weighted by atomic mass is 32.2. The SMILES string of the molecule is CN1CCCNCCCOc2ccccc2NC(=O)c2nc(cnc2N)-c2ccc(cc2)S1(=O)=O. The molecular weight excluding hydrogens is 468 g/mol. The van der Waals surface area contributed by atoms with E-state index < -0.39 is 15.9 Å². The summed E-state index contributed by atoms with van der Waals surface area (Å²) in [5.41, 5.74) is 7.41. The fourth-order valence-corrected chi connectivity index (χ4v) is 4.82. The number of sulfonamides is 1. The molecule has 2 aliphatic rings. The van der Waals surface area contributed by atoms with E-state index >= 15 is 0 Å². The van der Waals surface area contributed by atoms with Crippen molar-refractivity contribution in [1.82, 2.24) is 19.6 Å². The number of nitrogens with one attached hydrogen (secondary N) is 2. The number of rotatable bonds is 0. The van der Waals surface area contributed by atoms with Gasteiger partial charge in [0.25, 0.3) is 5.91 Å². The Labute approximate surface area is 204 Å². The van der Waals surface area contributed by atoms with Gasteiger partial charge in [-0.3, -0.25) is 4.79 Å². The molecule has 0 fully saturated rings. The average molecular weight is 497 g/mol. The lowest BCUT2D eigenvalue weighted by molar-refractivity contribution is 0.102. The minimum Gasteiger partial charge on any atom is -0.491 e. The van der Waals surface area contributed by atoms with Gasteiger partial charge in [0.2, 0.25) is 10.0 Å². The summed E-state index contributed by atoms with van der Waals surface area (Å²) in [5.74, 6) is -0.00642. The van der Waals surface area contributed by atoms with Crippen molar-refractivity contribution < 1.29 is 17.9 Å². The van der Waals surface area contributed by atoms with Crippen LogP contribution in [-0.2, 0) is 10.0 Å². The molecule has 4 N–H and O–H groups in total. The largest absolute Gasteiger partial charge is 0.491 e. The Morgan fingerprint density at radius 2 is 1.80 bits per heavy atom. The lowest BCUT2D eigenvalue weighted by atomic mass is 10.1. The Balaban J connectivity index is 1.68. The van der Waals surface area contributed by atoms with Gasteiger partial charge < -0.3 is 21.1 Å². The Morgan fingerprint density at radius 1 is 1.06 bits per heavy atom. The first-order valence-electron chi connectivity index (χ1n) is 11.3. The molecule has 0 saturated carbocycles. The predicted octanol–water partition coefficient (Wildman–Crippen LogP) is 2.36. The van der Waals surface area contributed by atoms with Crippen molar-refractivity contribution in [2.45, 2.75) is 17.7 Å². The Bertz CT molecular complexity index is 1300. The molecule has 10 nitrogen and oxygen atoms in total. The molecule has 0 saturated heterocycles. The first-order valence-corrected chi connectivity index (χ1v) is 12.7. The van der Waals surface area contributed by atoms with Crippen molar-refractivity contribution in [2.75, 3.05) is 44.3 Å². The molecule has 1 amide bonds. The number of aromatic nitrogens is 2. The first kappa shape index (κ1) is 24.6. The molecule has 0 spiro atoms. The standard InChI is InChI=1S/C24H28N6O4S/c1-30-14-4-12-26-13-5-15-34-21-7-3-2-6-19(21)29-24(31)22-23(25)27-16-20(28-22)17-8-10-18(11-9-17)35(30,32)33/h2-3,6-11,16,26H,4-5,12-15H2,1H3,(H2,25,27)(H,29,31). The van der Waals surface area contributed by atoms with E-state index in [4.69, 9.17) is 10.5 Å². The first-order chi connectivity index (χ1) is 16.9. The summed E-state index contributed by atoms with van der Waals surface area (Å²) in [6.45, 7) is 2.23. The number of anilines is 2. The Hall–Kier alpha value is -3.54. The van der Waals surface area contributed by atoms with Gasteiger partial charge in [0, 0.05) is 19.2 Å². The van der Waals surface area contributed by atoms with Crippen LogP contribution in [0.5, 0.6) is 5.75 Å². The molecule has 0 atom stereocenters.